The molecule has 1 aromatic heterocycles. The maximum Gasteiger partial charge on any atom is 0.159 e. The molecule has 0 bridgehead atoms. The van der Waals surface area contributed by atoms with Crippen LogP contribution in [-0.2, 0) is 17.1 Å². The highest BCUT2D eigenvalue weighted by molar-refractivity contribution is 7.73. The Bertz CT molecular complexity index is 342. The van der Waals surface area contributed by atoms with Gasteiger partial charge in [0.1, 0.15) is 16.5 Å². The Kier molecular flexibility index (Phi) is 3.30. The molecule has 6 heteroatoms. The molecule has 0 unspecified atom stereocenters. The molecule has 0 aliphatic rings. The van der Waals surface area contributed by atoms with Crippen molar-refractivity contribution in [1.82, 2.24) is 9.97 Å². The van der Waals surface area contributed by atoms with Crippen molar-refractivity contribution >= 4 is 10.7 Å². The third-order valence-corrected chi connectivity index (χ3v) is 2.41. The highest BCUT2D eigenvalue weighted by Crippen LogP contribution is 1.99. The number of aromatic nitrogens is 2. The molecule has 13 heavy (non-hydrogen) atoms. The minimum Gasteiger partial charge on any atom is -0.238 e. The summed E-state index contributed by atoms with van der Waals surface area (Å²) in [7, 11) is -2.47. The Labute approximate surface area is 76.8 Å². The smallest absolute Gasteiger partial charge is 0.159 e. The van der Waals surface area contributed by atoms with E-state index < -0.39 is 21.8 Å². The van der Waals surface area contributed by atoms with Gasteiger partial charge < -0.3 is 0 Å². The van der Waals surface area contributed by atoms with Crippen molar-refractivity contribution in [3.63, 3.8) is 0 Å². The standard InChI is InChI=1S/C7H9FN2O2S/c1-5(13(11)12)2-7-9-3-6(8)4-10-7/h3-5,13H,2H2,1H3/t5-/m0/s1. The Morgan fingerprint density at radius 1 is 1.46 bits per heavy atom. The third kappa shape index (κ3) is 3.06. The molecule has 0 radical (unpaired) electrons. The molecule has 1 heterocycles. The zero-order valence-corrected chi connectivity index (χ0v) is 7.87. The second-order valence-electron chi connectivity index (χ2n) is 2.66. The van der Waals surface area contributed by atoms with Crippen molar-refractivity contribution in [2.24, 2.45) is 0 Å². The number of hydrogen-bond donors (Lipinski definition) is 1. The molecule has 1 rings (SSSR count). The molecule has 0 saturated carbocycles. The number of nitrogens with zero attached hydrogens (tertiary/aromatic N) is 2. The SMILES string of the molecule is C[C@@H](Cc1ncc(F)cn1)[SH](=O)=O. The van der Waals surface area contributed by atoms with Crippen molar-refractivity contribution in [2.75, 3.05) is 0 Å². The minimum absolute atomic E-state index is 0.221. The van der Waals surface area contributed by atoms with Crippen LogP contribution in [0.15, 0.2) is 12.4 Å². The molecule has 0 amide bonds. The maximum atomic E-state index is 12.3. The summed E-state index contributed by atoms with van der Waals surface area (Å²) < 4.78 is 33.3. The summed E-state index contributed by atoms with van der Waals surface area (Å²) in [4.78, 5) is 7.29. The van der Waals surface area contributed by atoms with Crippen molar-refractivity contribution in [3.05, 3.63) is 24.0 Å². The molecular weight excluding hydrogens is 195 g/mol. The van der Waals surface area contributed by atoms with E-state index in [1.165, 1.54) is 0 Å². The van der Waals surface area contributed by atoms with Crippen LogP contribution in [0.3, 0.4) is 0 Å². The van der Waals surface area contributed by atoms with Crippen LogP contribution in [0.1, 0.15) is 12.7 Å². The molecule has 0 aromatic carbocycles. The zero-order valence-electron chi connectivity index (χ0n) is 6.98. The molecule has 1 aromatic rings. The van der Waals surface area contributed by atoms with E-state index in [1.807, 2.05) is 0 Å². The second kappa shape index (κ2) is 4.27. The van der Waals surface area contributed by atoms with Crippen molar-refractivity contribution in [1.29, 1.82) is 0 Å². The van der Waals surface area contributed by atoms with Gasteiger partial charge in [-0.3, -0.25) is 0 Å². The van der Waals surface area contributed by atoms with Crippen molar-refractivity contribution in [3.8, 4) is 0 Å². The van der Waals surface area contributed by atoms with Gasteiger partial charge >= 0.3 is 0 Å². The van der Waals surface area contributed by atoms with Crippen LogP contribution in [0, 0.1) is 5.82 Å². The molecule has 0 aliphatic carbocycles. The van der Waals surface area contributed by atoms with Gasteiger partial charge in [0.25, 0.3) is 0 Å². The number of hydrogen-bond acceptors (Lipinski definition) is 4. The van der Waals surface area contributed by atoms with Gasteiger partial charge in [-0.05, 0) is 6.92 Å². The van der Waals surface area contributed by atoms with Crippen LogP contribution in [-0.4, -0.2) is 23.6 Å². The quantitative estimate of drug-likeness (QED) is 0.712. The summed E-state index contributed by atoms with van der Waals surface area (Å²) in [5.41, 5.74) is 0. The largest absolute Gasteiger partial charge is 0.238 e. The summed E-state index contributed by atoms with van der Waals surface area (Å²) >= 11 is 0. The lowest BCUT2D eigenvalue weighted by Gasteiger charge is -2.00. The first-order chi connectivity index (χ1) is 6.09. The van der Waals surface area contributed by atoms with E-state index in [-0.39, 0.29) is 6.42 Å². The van der Waals surface area contributed by atoms with E-state index in [4.69, 9.17) is 0 Å². The molecule has 0 N–H and O–H groups in total. The Balaban J connectivity index is 2.69. The van der Waals surface area contributed by atoms with E-state index in [9.17, 15) is 12.8 Å². The van der Waals surface area contributed by atoms with Crippen LogP contribution < -0.4 is 0 Å². The van der Waals surface area contributed by atoms with Crippen LogP contribution in [0.5, 0.6) is 0 Å². The Morgan fingerprint density at radius 2 is 2.00 bits per heavy atom. The molecule has 0 fully saturated rings. The van der Waals surface area contributed by atoms with E-state index in [0.717, 1.165) is 12.4 Å². The van der Waals surface area contributed by atoms with Gasteiger partial charge in [-0.2, -0.15) is 0 Å². The first kappa shape index (κ1) is 10.0. The van der Waals surface area contributed by atoms with Crippen molar-refractivity contribution in [2.45, 2.75) is 18.6 Å². The highest BCUT2D eigenvalue weighted by atomic mass is 32.2. The average molecular weight is 204 g/mol. The fraction of sp³-hybridized carbons (Fsp3) is 0.429. The number of rotatable bonds is 3. The fourth-order valence-corrected chi connectivity index (χ4v) is 1.10. The number of halogens is 1. The normalized spacial score (nSPS) is 13.2. The van der Waals surface area contributed by atoms with Gasteiger partial charge in [-0.25, -0.2) is 22.8 Å². The van der Waals surface area contributed by atoms with Gasteiger partial charge in [-0.1, -0.05) is 0 Å². The predicted octanol–water partition coefficient (Wildman–Crippen LogP) is 0.158. The molecule has 0 spiro atoms. The molecule has 72 valence electrons. The second-order valence-corrected chi connectivity index (χ2v) is 4.11. The monoisotopic (exact) mass is 204 g/mol. The van der Waals surface area contributed by atoms with E-state index >= 15 is 0 Å². The summed E-state index contributed by atoms with van der Waals surface area (Å²) in [5, 5.41) is -0.513. The summed E-state index contributed by atoms with van der Waals surface area (Å²) in [6, 6.07) is 0. The van der Waals surface area contributed by atoms with Crippen LogP contribution in [0.4, 0.5) is 4.39 Å². The van der Waals surface area contributed by atoms with E-state index in [0.29, 0.717) is 5.82 Å². The minimum atomic E-state index is -2.47. The lowest BCUT2D eigenvalue weighted by atomic mass is 10.3. The van der Waals surface area contributed by atoms with Crippen LogP contribution in [0.25, 0.3) is 0 Å². The molecule has 1 atom stereocenters. The average Bonchev–Trinajstić information content (AvgIpc) is 2.08. The first-order valence-electron chi connectivity index (χ1n) is 3.69. The van der Waals surface area contributed by atoms with Crippen LogP contribution in [0.2, 0.25) is 0 Å². The fourth-order valence-electron chi connectivity index (χ4n) is 0.783. The van der Waals surface area contributed by atoms with Gasteiger partial charge in [-0.15, -0.1) is 0 Å². The zero-order chi connectivity index (χ0) is 9.84. The van der Waals surface area contributed by atoms with Gasteiger partial charge in [0.05, 0.1) is 17.6 Å². The summed E-state index contributed by atoms with van der Waals surface area (Å²) in [5.74, 6) is -0.184. The van der Waals surface area contributed by atoms with Gasteiger partial charge in [0.15, 0.2) is 5.82 Å². The van der Waals surface area contributed by atoms with Crippen LogP contribution >= 0.6 is 0 Å². The Hall–Kier alpha value is -1.04. The topological polar surface area (TPSA) is 59.9 Å². The van der Waals surface area contributed by atoms with E-state index in [2.05, 4.69) is 9.97 Å². The molecular formula is C7H9FN2O2S. The van der Waals surface area contributed by atoms with E-state index in [1.54, 1.807) is 6.92 Å². The maximum absolute atomic E-state index is 12.3. The lowest BCUT2D eigenvalue weighted by Crippen LogP contribution is -2.10. The molecule has 0 aliphatic heterocycles. The van der Waals surface area contributed by atoms with Gasteiger partial charge in [0, 0.05) is 6.42 Å². The molecule has 4 nitrogen and oxygen atoms in total. The third-order valence-electron chi connectivity index (χ3n) is 1.51. The lowest BCUT2D eigenvalue weighted by molar-refractivity contribution is 0.595. The highest BCUT2D eigenvalue weighted by Gasteiger charge is 2.07. The first-order valence-corrected chi connectivity index (χ1v) is 4.94. The van der Waals surface area contributed by atoms with Gasteiger partial charge in [0.2, 0.25) is 0 Å². The predicted molar refractivity (Wildman–Crippen MR) is 45.5 cm³/mol. The number of thiol groups is 1. The Morgan fingerprint density at radius 3 is 2.46 bits per heavy atom. The van der Waals surface area contributed by atoms with Crippen molar-refractivity contribution < 1.29 is 12.8 Å². The molecule has 0 saturated heterocycles. The summed E-state index contributed by atoms with van der Waals surface area (Å²) in [6.45, 7) is 1.55. The summed E-state index contributed by atoms with van der Waals surface area (Å²) in [6.07, 6.45) is 2.26.